The van der Waals surface area contributed by atoms with Gasteiger partial charge in [0, 0.05) is 42.7 Å². The van der Waals surface area contributed by atoms with Crippen molar-refractivity contribution < 1.29 is 36.0 Å². The van der Waals surface area contributed by atoms with Gasteiger partial charge < -0.3 is 36.0 Å². The highest BCUT2D eigenvalue weighted by Crippen LogP contribution is 2.21. The monoisotopic (exact) mass is 429 g/mol. The topological polar surface area (TPSA) is 85.9 Å². The first kappa shape index (κ1) is 27.1. The van der Waals surface area contributed by atoms with Gasteiger partial charge in [-0.05, 0) is 26.7 Å². The standard InChI is InChI=1S/C16H39NO8Si2/c1-11-15(26(18-5,19-6)20-7)24-13(3)17-14(4)25-16(12-2)27(21-8,22-9)23-10/h13-17H,11-12H2,1-10H3. The van der Waals surface area contributed by atoms with E-state index in [0.29, 0.717) is 12.8 Å². The molecule has 0 rings (SSSR count). The normalized spacial score (nSPS) is 17.6. The molecule has 0 aliphatic heterocycles. The van der Waals surface area contributed by atoms with Crippen LogP contribution in [0.15, 0.2) is 0 Å². The summed E-state index contributed by atoms with van der Waals surface area (Å²) in [5.74, 6) is 0. The van der Waals surface area contributed by atoms with E-state index in [1.165, 1.54) is 0 Å². The van der Waals surface area contributed by atoms with E-state index in [9.17, 15) is 0 Å². The van der Waals surface area contributed by atoms with Gasteiger partial charge >= 0.3 is 17.6 Å². The lowest BCUT2D eigenvalue weighted by Crippen LogP contribution is -2.59. The van der Waals surface area contributed by atoms with Gasteiger partial charge in [-0.1, -0.05) is 13.8 Å². The molecule has 4 unspecified atom stereocenters. The van der Waals surface area contributed by atoms with Crippen LogP contribution < -0.4 is 5.32 Å². The van der Waals surface area contributed by atoms with Gasteiger partial charge in [0.05, 0.1) is 0 Å². The Morgan fingerprint density at radius 2 is 0.852 bits per heavy atom. The van der Waals surface area contributed by atoms with Crippen LogP contribution in [0.2, 0.25) is 0 Å². The molecule has 0 bridgehead atoms. The Bertz CT molecular complexity index is 335. The summed E-state index contributed by atoms with van der Waals surface area (Å²) in [6.07, 6.45) is 0.735. The van der Waals surface area contributed by atoms with Gasteiger partial charge in [-0.25, -0.2) is 0 Å². The minimum absolute atomic E-state index is 0.306. The van der Waals surface area contributed by atoms with Gasteiger partial charge in [0.25, 0.3) is 0 Å². The Hall–Kier alpha value is 0.0738. The summed E-state index contributed by atoms with van der Waals surface area (Å²) in [4.78, 5) is 0. The Morgan fingerprint density at radius 3 is 1.04 bits per heavy atom. The third-order valence-electron chi connectivity index (χ3n) is 4.44. The quantitative estimate of drug-likeness (QED) is 0.291. The van der Waals surface area contributed by atoms with Crippen molar-refractivity contribution in [2.24, 2.45) is 0 Å². The van der Waals surface area contributed by atoms with Gasteiger partial charge in [0.1, 0.15) is 23.9 Å². The molecule has 164 valence electrons. The summed E-state index contributed by atoms with van der Waals surface area (Å²) < 4.78 is 45.4. The molecule has 0 aromatic rings. The summed E-state index contributed by atoms with van der Waals surface area (Å²) in [6.45, 7) is 7.80. The smallest absolute Gasteiger partial charge is 0.375 e. The van der Waals surface area contributed by atoms with Crippen molar-refractivity contribution >= 4 is 17.6 Å². The Morgan fingerprint density at radius 1 is 0.593 bits per heavy atom. The average molecular weight is 430 g/mol. The zero-order valence-corrected chi connectivity index (χ0v) is 20.5. The van der Waals surface area contributed by atoms with Crippen LogP contribution in [0.3, 0.4) is 0 Å². The first-order valence-corrected chi connectivity index (χ1v) is 12.8. The number of hydrogen-bond donors (Lipinski definition) is 1. The highest BCUT2D eigenvalue weighted by molar-refractivity contribution is 6.62. The maximum absolute atomic E-state index is 6.10. The third-order valence-corrected chi connectivity index (χ3v) is 10.5. The van der Waals surface area contributed by atoms with Crippen molar-refractivity contribution in [3.05, 3.63) is 0 Å². The highest BCUT2D eigenvalue weighted by atomic mass is 28.4. The molecule has 11 heteroatoms. The van der Waals surface area contributed by atoms with Gasteiger partial charge in [-0.15, -0.1) is 0 Å². The highest BCUT2D eigenvalue weighted by Gasteiger charge is 2.49. The summed E-state index contributed by atoms with van der Waals surface area (Å²) in [6, 6.07) is 0. The van der Waals surface area contributed by atoms with Crippen molar-refractivity contribution in [3.63, 3.8) is 0 Å². The van der Waals surface area contributed by atoms with Crippen LogP contribution in [0.5, 0.6) is 0 Å². The molecular formula is C16H39NO8Si2. The maximum Gasteiger partial charge on any atom is 0.530 e. The molecule has 0 aliphatic carbocycles. The first-order chi connectivity index (χ1) is 12.8. The van der Waals surface area contributed by atoms with Crippen molar-refractivity contribution in [3.8, 4) is 0 Å². The predicted molar refractivity (Wildman–Crippen MR) is 106 cm³/mol. The number of nitrogens with one attached hydrogen (secondary N) is 1. The van der Waals surface area contributed by atoms with Crippen molar-refractivity contribution in [2.45, 2.75) is 64.4 Å². The molecule has 0 radical (unpaired) electrons. The fraction of sp³-hybridized carbons (Fsp3) is 1.00. The minimum atomic E-state index is -2.90. The van der Waals surface area contributed by atoms with E-state index >= 15 is 0 Å². The van der Waals surface area contributed by atoms with E-state index in [1.807, 2.05) is 27.7 Å². The van der Waals surface area contributed by atoms with E-state index in [2.05, 4.69) is 5.32 Å². The van der Waals surface area contributed by atoms with Gasteiger partial charge in [0.15, 0.2) is 0 Å². The molecule has 0 saturated carbocycles. The lowest BCUT2D eigenvalue weighted by atomic mass is 10.5. The van der Waals surface area contributed by atoms with Crippen LogP contribution in [0.1, 0.15) is 40.5 Å². The molecule has 27 heavy (non-hydrogen) atoms. The molecule has 9 nitrogen and oxygen atoms in total. The summed E-state index contributed by atoms with van der Waals surface area (Å²) in [5.41, 5.74) is -0.612. The lowest BCUT2D eigenvalue weighted by molar-refractivity contribution is -0.0856. The van der Waals surface area contributed by atoms with E-state index in [-0.39, 0.29) is 23.9 Å². The molecule has 0 spiro atoms. The Balaban J connectivity index is 4.95. The molecule has 4 atom stereocenters. The second-order valence-corrected chi connectivity index (χ2v) is 12.1. The first-order valence-electron chi connectivity index (χ1n) is 9.16. The Labute approximate surface area is 166 Å². The summed E-state index contributed by atoms with van der Waals surface area (Å²) in [7, 11) is 3.64. The van der Waals surface area contributed by atoms with Gasteiger partial charge in [-0.2, -0.15) is 0 Å². The zero-order chi connectivity index (χ0) is 21.1. The van der Waals surface area contributed by atoms with Crippen molar-refractivity contribution in [1.29, 1.82) is 0 Å². The van der Waals surface area contributed by atoms with E-state index in [0.717, 1.165) is 0 Å². The second-order valence-electron chi connectivity index (χ2n) is 5.95. The summed E-state index contributed by atoms with van der Waals surface area (Å²) in [5, 5.41) is 3.26. The molecule has 1 N–H and O–H groups in total. The fourth-order valence-corrected chi connectivity index (χ4v) is 7.37. The molecule has 0 fully saturated rings. The largest absolute Gasteiger partial charge is 0.530 e. The van der Waals surface area contributed by atoms with Crippen LogP contribution in [0.4, 0.5) is 0 Å². The molecule has 0 heterocycles. The van der Waals surface area contributed by atoms with Crippen LogP contribution in [-0.2, 0) is 36.0 Å². The van der Waals surface area contributed by atoms with Crippen LogP contribution in [-0.4, -0.2) is 84.2 Å². The van der Waals surface area contributed by atoms with Crippen LogP contribution in [0, 0.1) is 0 Å². The van der Waals surface area contributed by atoms with Crippen LogP contribution >= 0.6 is 0 Å². The average Bonchev–Trinajstić information content (AvgIpc) is 2.69. The van der Waals surface area contributed by atoms with E-state index < -0.39 is 17.6 Å². The SMILES string of the molecule is CCC(OC(C)NC(C)OC(CC)[Si](OC)(OC)OC)[Si](OC)(OC)OC. The molecule has 0 saturated heterocycles. The second kappa shape index (κ2) is 13.3. The summed E-state index contributed by atoms with van der Waals surface area (Å²) >= 11 is 0. The number of rotatable bonds is 16. The fourth-order valence-electron chi connectivity index (χ4n) is 3.05. The molecule has 0 amide bonds. The third kappa shape index (κ3) is 7.12. The molecular weight excluding hydrogens is 390 g/mol. The lowest BCUT2D eigenvalue weighted by Gasteiger charge is -2.36. The van der Waals surface area contributed by atoms with Crippen molar-refractivity contribution in [1.82, 2.24) is 5.32 Å². The maximum atomic E-state index is 6.10. The van der Waals surface area contributed by atoms with Gasteiger partial charge in [-0.3, -0.25) is 5.32 Å². The minimum Gasteiger partial charge on any atom is -0.375 e. The Kier molecular flexibility index (Phi) is 13.4. The van der Waals surface area contributed by atoms with Crippen LogP contribution in [0.25, 0.3) is 0 Å². The zero-order valence-electron chi connectivity index (χ0n) is 18.5. The molecule has 0 aromatic heterocycles. The van der Waals surface area contributed by atoms with E-state index in [4.69, 9.17) is 36.0 Å². The predicted octanol–water partition coefficient (Wildman–Crippen LogP) is 1.69. The number of ether oxygens (including phenoxy) is 2. The number of hydrogen-bond acceptors (Lipinski definition) is 9. The molecule has 0 aromatic carbocycles. The molecule has 0 aliphatic rings. The van der Waals surface area contributed by atoms with Gasteiger partial charge in [0.2, 0.25) is 0 Å². The van der Waals surface area contributed by atoms with Crippen molar-refractivity contribution in [2.75, 3.05) is 42.7 Å². The van der Waals surface area contributed by atoms with E-state index in [1.54, 1.807) is 42.7 Å².